The van der Waals surface area contributed by atoms with Crippen molar-refractivity contribution in [3.63, 3.8) is 0 Å². The molecule has 13 aromatic carbocycles. The number of hydrogen-bond acceptors (Lipinski definition) is 12. The topological polar surface area (TPSA) is 214 Å². The molecule has 4 aliphatic carbocycles. The summed E-state index contributed by atoms with van der Waals surface area (Å²) >= 11 is 0. The molecule has 0 saturated heterocycles. The Morgan fingerprint density at radius 2 is 0.707 bits per heavy atom. The van der Waals surface area contributed by atoms with Gasteiger partial charge < -0.3 is 20.4 Å². The molecular weight excluding hydrogens is 2530 g/mol. The fraction of sp³-hybridized carbons (Fsp3) is 0.192. The number of allylic oxidation sites excluding steroid dienone is 6. The van der Waals surface area contributed by atoms with E-state index in [1.807, 2.05) is 36.4 Å². The predicted octanol–water partition coefficient (Wildman–Crippen LogP) is 31.9. The molecule has 4 radical (unpaired) electrons. The second-order valence-electron chi connectivity index (χ2n) is 38.7. The summed E-state index contributed by atoms with van der Waals surface area (Å²) in [4.78, 5) is 63.9. The molecule has 17 heteroatoms. The molecule has 22 rings (SSSR count). The first-order valence-corrected chi connectivity index (χ1v) is 48.4. The number of rotatable bonds is 11. The van der Waals surface area contributed by atoms with Crippen LogP contribution in [0.3, 0.4) is 0 Å². The molecule has 0 spiro atoms. The molecule has 13 nitrogen and oxygen atoms in total. The van der Waals surface area contributed by atoms with Gasteiger partial charge in [0.2, 0.25) is 0 Å². The summed E-state index contributed by atoms with van der Waals surface area (Å²) in [6, 6.07) is 120. The number of aliphatic hydroxyl groups excluding tert-OH is 3. The first-order chi connectivity index (χ1) is 68.4. The summed E-state index contributed by atoms with van der Waals surface area (Å²) in [5.74, 6) is -1.18. The van der Waals surface area contributed by atoms with Gasteiger partial charge in [-0.1, -0.05) is 253 Å². The number of carboxylic acid groups (broad SMARTS) is 1. The fourth-order valence-electron chi connectivity index (χ4n) is 20.3. The third kappa shape index (κ3) is 25.1. The molecule has 0 atom stereocenters. The van der Waals surface area contributed by atoms with Crippen LogP contribution in [0.25, 0.3) is 144 Å². The van der Waals surface area contributed by atoms with Gasteiger partial charge >= 0.3 is 5.97 Å². The quantitative estimate of drug-likeness (QED) is 0.0540. The van der Waals surface area contributed by atoms with Gasteiger partial charge in [-0.3, -0.25) is 34.3 Å². The Labute approximate surface area is 917 Å². The van der Waals surface area contributed by atoms with E-state index in [-0.39, 0.29) is 142 Å². The first kappa shape index (κ1) is 114. The molecule has 0 unspecified atom stereocenters. The molecule has 0 saturated carbocycles. The standard InChI is InChI=1S/C35H32N.2C25H20N.C24H18N.C6H5NO2.3C5H8O2.4Ir/c1-6-35(7-2)31-15-11-10-14-27(31)29-19-30-28(26-13-9-8-12-24(26)5)20-33(36-34(30)21-32(29)35)25-17-22(3)16-23(4)18-25;1-16-7-6-8-17(13-16)23-12-11-18-14-20-19-9-4-5-10-21(19)25(2,3)22(20)15-24(18)26-23;1-16-8-4-5-9-18(16)23-13-12-17-14-20-19-10-6-7-11-21(19)25(2,3)22(20)15-24(17)26-23;1-24(2)20-11-7-6-10-18(20)19-14-17-12-13-22(16-8-4-3-5-9-16)25-23(17)15-21(19)24;8-6(9)5-3-1-2-4-7-5;3*1-4(6)3-5(2)7;;;;/h8-17,19-21H,6-7H2,1-5H3;4-7,9-15H,1-3H3;4-8,10-15H,1-3H3;3-8,10-15H,1-2H3;1-4H,(H,8,9);3*3,6H,1-2H3;;;;/q4*-1;;;;;;;;. The monoisotopic (exact) mass is 2650 g/mol. The summed E-state index contributed by atoms with van der Waals surface area (Å²) < 4.78 is 0. The van der Waals surface area contributed by atoms with Crippen LogP contribution in [0.1, 0.15) is 193 Å². The molecule has 5 heterocycles. The number of fused-ring (bicyclic) bond motifs is 16. The van der Waals surface area contributed by atoms with Crippen LogP contribution in [0.5, 0.6) is 0 Å². The minimum atomic E-state index is -0.990. The van der Waals surface area contributed by atoms with Crippen molar-refractivity contribution < 1.29 is 120 Å². The van der Waals surface area contributed by atoms with Gasteiger partial charge in [-0.25, -0.2) is 9.78 Å². The van der Waals surface area contributed by atoms with E-state index in [0.29, 0.717) is 0 Å². The number of aliphatic hydroxyl groups is 3. The number of ketones is 3. The molecule has 18 aromatic rings. The van der Waals surface area contributed by atoms with Gasteiger partial charge in [-0.05, 0) is 267 Å². The Hall–Kier alpha value is -13.7. The van der Waals surface area contributed by atoms with E-state index in [1.54, 1.807) is 12.1 Å². The number of carbonyl (C=O) groups excluding carboxylic acids is 3. The Morgan fingerprint density at radius 3 is 1.12 bits per heavy atom. The van der Waals surface area contributed by atoms with E-state index in [1.165, 1.54) is 216 Å². The van der Waals surface area contributed by atoms with Gasteiger partial charge in [0.1, 0.15) is 5.69 Å². The third-order valence-corrected chi connectivity index (χ3v) is 27.1. The minimum Gasteiger partial charge on any atom is -0.512 e. The number of aryl methyl sites for hydroxylation is 5. The Bertz CT molecular complexity index is 7960. The summed E-state index contributed by atoms with van der Waals surface area (Å²) in [5, 5.41) is 38.2. The van der Waals surface area contributed by atoms with Crippen molar-refractivity contribution in [3.8, 4) is 101 Å². The van der Waals surface area contributed by atoms with Gasteiger partial charge in [0.25, 0.3) is 0 Å². The zero-order chi connectivity index (χ0) is 102. The van der Waals surface area contributed by atoms with Gasteiger partial charge in [0, 0.05) is 132 Å². The van der Waals surface area contributed by atoms with E-state index in [9.17, 15) is 19.2 Å². The number of aromatic carboxylic acids is 1. The molecule has 147 heavy (non-hydrogen) atoms. The summed E-state index contributed by atoms with van der Waals surface area (Å²) in [7, 11) is 0. The number of pyridine rings is 5. The molecular formula is C130H119Ir4N5O8-4. The largest absolute Gasteiger partial charge is 0.512 e. The van der Waals surface area contributed by atoms with Crippen LogP contribution in [0.4, 0.5) is 0 Å². The third-order valence-electron chi connectivity index (χ3n) is 27.1. The Balaban J connectivity index is 0.000000170. The maximum absolute atomic E-state index is 10.1. The van der Waals surface area contributed by atoms with Crippen molar-refractivity contribution in [1.82, 2.24) is 24.9 Å². The second kappa shape index (κ2) is 48.8. The number of carboxylic acids is 1. The van der Waals surface area contributed by atoms with Crippen LogP contribution in [-0.2, 0) is 116 Å². The van der Waals surface area contributed by atoms with Crippen LogP contribution in [0.15, 0.2) is 345 Å². The van der Waals surface area contributed by atoms with Crippen molar-refractivity contribution >= 4 is 66.9 Å². The van der Waals surface area contributed by atoms with E-state index < -0.39 is 5.97 Å². The van der Waals surface area contributed by atoms with Gasteiger partial charge in [0.05, 0.1) is 39.3 Å². The molecule has 0 bridgehead atoms. The summed E-state index contributed by atoms with van der Waals surface area (Å²) in [6.07, 6.45) is 7.10. The van der Waals surface area contributed by atoms with E-state index in [2.05, 4.69) is 368 Å². The first-order valence-electron chi connectivity index (χ1n) is 48.4. The van der Waals surface area contributed by atoms with Gasteiger partial charge in [-0.15, -0.1) is 142 Å². The van der Waals surface area contributed by atoms with Crippen molar-refractivity contribution in [1.29, 1.82) is 0 Å². The normalized spacial score (nSPS) is 13.0. The maximum atomic E-state index is 10.1. The molecule has 5 aromatic heterocycles. The number of aromatic nitrogens is 5. The van der Waals surface area contributed by atoms with Crippen molar-refractivity contribution in [2.75, 3.05) is 0 Å². The minimum absolute atomic E-state index is 0. The van der Waals surface area contributed by atoms with E-state index in [0.717, 1.165) is 85.5 Å². The Kier molecular flexibility index (Phi) is 37.7. The summed E-state index contributed by atoms with van der Waals surface area (Å²) in [5.41, 5.74) is 43.1. The van der Waals surface area contributed by atoms with Crippen LogP contribution in [0.2, 0.25) is 0 Å². The predicted molar refractivity (Wildman–Crippen MR) is 585 cm³/mol. The zero-order valence-corrected chi connectivity index (χ0v) is 95.7. The van der Waals surface area contributed by atoms with Gasteiger partial charge in [-0.2, -0.15) is 0 Å². The fourth-order valence-corrected chi connectivity index (χ4v) is 20.3. The van der Waals surface area contributed by atoms with Gasteiger partial charge in [0.15, 0.2) is 17.3 Å². The second-order valence-corrected chi connectivity index (χ2v) is 38.7. The van der Waals surface area contributed by atoms with E-state index in [4.69, 9.17) is 40.4 Å². The summed E-state index contributed by atoms with van der Waals surface area (Å²) in [6.45, 7) is 37.7. The molecule has 0 amide bonds. The maximum Gasteiger partial charge on any atom is 0.354 e. The van der Waals surface area contributed by atoms with E-state index >= 15 is 0 Å². The molecule has 4 aliphatic rings. The number of hydrogen-bond donors (Lipinski definition) is 4. The smallest absolute Gasteiger partial charge is 0.354 e. The van der Waals surface area contributed by atoms with Crippen LogP contribution in [0, 0.1) is 58.9 Å². The molecule has 0 fully saturated rings. The van der Waals surface area contributed by atoms with Crippen molar-refractivity contribution in [3.05, 3.63) is 447 Å². The van der Waals surface area contributed by atoms with Crippen molar-refractivity contribution in [2.24, 2.45) is 0 Å². The molecule has 752 valence electrons. The Morgan fingerprint density at radius 1 is 0.313 bits per heavy atom. The van der Waals surface area contributed by atoms with Crippen LogP contribution in [-0.4, -0.2) is 68.7 Å². The van der Waals surface area contributed by atoms with Crippen LogP contribution < -0.4 is 0 Å². The SMILES string of the molecule is CC(=O)C=C(C)O.CC(=O)C=C(C)O.CC(=O)C=C(C)O.CC1(C)c2ccccc2-c2cc3ccc(-c4[c-]cccc4)nc3cc21.CCC1(CC)c2ccccc2-c2cc3c(-c4ccccc4C)cc(-c4[c-]c(C)cc(C)c4)nc3cc21.Cc1cc[c-]c(-c2ccc3cc4c(cc3n2)C(C)(C)c2ccccc2-4)c1.Cc1ccc[c-]c1-c1ccc2cc3c(cc2n1)C(C)(C)c1ccccc1-3.O=C(O)c1ccccn1.[Ir].[Ir].[Ir].[Ir]. The number of nitrogens with zero attached hydrogens (tertiary/aromatic N) is 5. The number of benzene rings is 13. The average Bonchev–Trinajstić information content (AvgIpc) is 1.55. The van der Waals surface area contributed by atoms with Crippen LogP contribution >= 0.6 is 0 Å². The molecule has 0 aliphatic heterocycles. The average molecular weight is 2650 g/mol. The number of carbonyl (C=O) groups is 4. The molecule has 4 N–H and O–H groups in total. The zero-order valence-electron chi connectivity index (χ0n) is 86.1. The van der Waals surface area contributed by atoms with Crippen molar-refractivity contribution in [2.45, 2.75) is 166 Å².